The van der Waals surface area contributed by atoms with Crippen LogP contribution in [0.1, 0.15) is 11.3 Å². The highest BCUT2D eigenvalue weighted by Crippen LogP contribution is 2.22. The SMILES string of the molecule is NC(=O)n1c(/C=C/c2ccc3ccccc3c2)cc2ccccc21. The van der Waals surface area contributed by atoms with E-state index in [4.69, 9.17) is 5.73 Å². The number of aromatic nitrogens is 1. The van der Waals surface area contributed by atoms with Crippen molar-refractivity contribution in [2.24, 2.45) is 5.73 Å². The predicted octanol–water partition coefficient (Wildman–Crippen LogP) is 4.89. The zero-order valence-corrected chi connectivity index (χ0v) is 13.0. The fourth-order valence-corrected chi connectivity index (χ4v) is 3.04. The molecule has 0 aliphatic carbocycles. The number of fused-ring (bicyclic) bond motifs is 2. The smallest absolute Gasteiger partial charge is 0.323 e. The molecule has 1 amide bonds. The Morgan fingerprint density at radius 1 is 0.792 bits per heavy atom. The lowest BCUT2D eigenvalue weighted by Crippen LogP contribution is -2.20. The topological polar surface area (TPSA) is 48.0 Å². The molecule has 0 aliphatic heterocycles. The van der Waals surface area contributed by atoms with E-state index in [-0.39, 0.29) is 0 Å². The van der Waals surface area contributed by atoms with Crippen molar-refractivity contribution in [1.82, 2.24) is 4.57 Å². The third-order valence-electron chi connectivity index (χ3n) is 4.18. The predicted molar refractivity (Wildman–Crippen MR) is 99.8 cm³/mol. The number of benzene rings is 3. The van der Waals surface area contributed by atoms with Gasteiger partial charge in [-0.25, -0.2) is 4.79 Å². The maximum atomic E-state index is 11.8. The first-order chi connectivity index (χ1) is 11.7. The summed E-state index contributed by atoms with van der Waals surface area (Å²) in [5, 5.41) is 3.39. The molecule has 1 aromatic heterocycles. The van der Waals surface area contributed by atoms with Gasteiger partial charge in [0, 0.05) is 5.39 Å². The van der Waals surface area contributed by atoms with Gasteiger partial charge in [0.1, 0.15) is 0 Å². The van der Waals surface area contributed by atoms with E-state index in [1.165, 1.54) is 15.3 Å². The Morgan fingerprint density at radius 3 is 2.29 bits per heavy atom. The van der Waals surface area contributed by atoms with Crippen molar-refractivity contribution in [3.63, 3.8) is 0 Å². The summed E-state index contributed by atoms with van der Waals surface area (Å²) in [4.78, 5) is 11.8. The fourth-order valence-electron chi connectivity index (χ4n) is 3.04. The van der Waals surface area contributed by atoms with E-state index in [0.29, 0.717) is 0 Å². The van der Waals surface area contributed by atoms with Crippen LogP contribution in [0, 0.1) is 0 Å². The summed E-state index contributed by atoms with van der Waals surface area (Å²) < 4.78 is 1.53. The van der Waals surface area contributed by atoms with E-state index in [0.717, 1.165) is 22.2 Å². The molecule has 116 valence electrons. The lowest BCUT2D eigenvalue weighted by Gasteiger charge is -2.03. The summed E-state index contributed by atoms with van der Waals surface area (Å²) in [6, 6.07) is 23.7. The number of nitrogens with zero attached hydrogens (tertiary/aromatic N) is 1. The van der Waals surface area contributed by atoms with Crippen LogP contribution in [0.25, 0.3) is 33.8 Å². The summed E-state index contributed by atoms with van der Waals surface area (Å²) in [6.07, 6.45) is 3.93. The molecule has 3 nitrogen and oxygen atoms in total. The summed E-state index contributed by atoms with van der Waals surface area (Å²) in [5.41, 5.74) is 8.23. The molecule has 0 atom stereocenters. The fraction of sp³-hybridized carbons (Fsp3) is 0. The molecule has 2 N–H and O–H groups in total. The van der Waals surface area contributed by atoms with Crippen molar-refractivity contribution in [2.75, 3.05) is 0 Å². The summed E-state index contributed by atoms with van der Waals surface area (Å²) in [6.45, 7) is 0. The molecule has 0 saturated heterocycles. The summed E-state index contributed by atoms with van der Waals surface area (Å²) in [7, 11) is 0. The summed E-state index contributed by atoms with van der Waals surface area (Å²) >= 11 is 0. The number of amides is 1. The molecule has 0 bridgehead atoms. The van der Waals surface area contributed by atoms with Crippen LogP contribution in [0.15, 0.2) is 72.8 Å². The highest BCUT2D eigenvalue weighted by atomic mass is 16.2. The Hall–Kier alpha value is -3.33. The van der Waals surface area contributed by atoms with Gasteiger partial charge in [0.05, 0.1) is 11.2 Å². The average molecular weight is 312 g/mol. The Morgan fingerprint density at radius 2 is 1.50 bits per heavy atom. The van der Waals surface area contributed by atoms with Crippen LogP contribution in [0.4, 0.5) is 4.79 Å². The first-order valence-corrected chi connectivity index (χ1v) is 7.79. The highest BCUT2D eigenvalue weighted by Gasteiger charge is 2.10. The molecule has 0 fully saturated rings. The molecule has 24 heavy (non-hydrogen) atoms. The van der Waals surface area contributed by atoms with Gasteiger partial charge < -0.3 is 5.73 Å². The van der Waals surface area contributed by atoms with Crippen molar-refractivity contribution in [2.45, 2.75) is 0 Å². The van der Waals surface area contributed by atoms with Crippen molar-refractivity contribution in [3.05, 3.63) is 84.1 Å². The monoisotopic (exact) mass is 312 g/mol. The van der Waals surface area contributed by atoms with Crippen LogP contribution in [0.3, 0.4) is 0 Å². The Balaban J connectivity index is 1.78. The first kappa shape index (κ1) is 14.3. The molecule has 0 saturated carbocycles. The third kappa shape index (κ3) is 2.46. The van der Waals surface area contributed by atoms with E-state index in [2.05, 4.69) is 30.3 Å². The number of hydrogen-bond donors (Lipinski definition) is 1. The molecule has 4 rings (SSSR count). The van der Waals surface area contributed by atoms with E-state index in [9.17, 15) is 4.79 Å². The lowest BCUT2D eigenvalue weighted by atomic mass is 10.1. The van der Waals surface area contributed by atoms with E-state index >= 15 is 0 Å². The number of nitrogens with two attached hydrogens (primary N) is 1. The second-order valence-electron chi connectivity index (χ2n) is 5.74. The van der Waals surface area contributed by atoms with Gasteiger partial charge in [-0.05, 0) is 40.6 Å². The second kappa shape index (κ2) is 5.70. The number of carbonyl (C=O) groups is 1. The van der Waals surface area contributed by atoms with Gasteiger partial charge >= 0.3 is 6.03 Å². The van der Waals surface area contributed by atoms with Crippen LogP contribution in [0.2, 0.25) is 0 Å². The van der Waals surface area contributed by atoms with E-state index in [1.807, 2.05) is 54.6 Å². The molecule has 3 heteroatoms. The number of hydrogen-bond acceptors (Lipinski definition) is 1. The molecule has 0 aliphatic rings. The number of para-hydroxylation sites is 1. The Bertz CT molecular complexity index is 1090. The van der Waals surface area contributed by atoms with Crippen molar-refractivity contribution in [3.8, 4) is 0 Å². The number of rotatable bonds is 2. The molecule has 0 unspecified atom stereocenters. The largest absolute Gasteiger partial charge is 0.351 e. The number of carbonyl (C=O) groups excluding carboxylic acids is 1. The maximum absolute atomic E-state index is 11.8. The third-order valence-corrected chi connectivity index (χ3v) is 4.18. The number of primary amides is 1. The van der Waals surface area contributed by atoms with Gasteiger partial charge in [0.2, 0.25) is 0 Å². The molecule has 4 aromatic rings. The quantitative estimate of drug-likeness (QED) is 0.563. The normalized spacial score (nSPS) is 11.5. The molecule has 0 radical (unpaired) electrons. The van der Waals surface area contributed by atoms with Crippen molar-refractivity contribution < 1.29 is 4.79 Å². The standard InChI is InChI=1S/C21H16N2O/c22-21(24)23-19(14-18-7-3-4-8-20(18)23)12-10-15-9-11-16-5-1-2-6-17(16)13-15/h1-14H,(H2,22,24)/b12-10+. The van der Waals surface area contributed by atoms with Gasteiger partial charge in [-0.2, -0.15) is 0 Å². The van der Waals surface area contributed by atoms with Gasteiger partial charge in [0.15, 0.2) is 0 Å². The molecule has 1 heterocycles. The molecular formula is C21H16N2O. The van der Waals surface area contributed by atoms with Crippen LogP contribution < -0.4 is 5.73 Å². The minimum Gasteiger partial charge on any atom is -0.351 e. The molecule has 3 aromatic carbocycles. The van der Waals surface area contributed by atoms with Crippen LogP contribution >= 0.6 is 0 Å². The van der Waals surface area contributed by atoms with Crippen LogP contribution in [-0.4, -0.2) is 10.6 Å². The van der Waals surface area contributed by atoms with Gasteiger partial charge in [-0.3, -0.25) is 4.57 Å². The Labute approximate surface area is 139 Å². The van der Waals surface area contributed by atoms with Crippen molar-refractivity contribution >= 4 is 39.9 Å². The Kier molecular flexibility index (Phi) is 3.39. The van der Waals surface area contributed by atoms with Crippen LogP contribution in [-0.2, 0) is 0 Å². The maximum Gasteiger partial charge on any atom is 0.323 e. The molecule has 0 spiro atoms. The zero-order chi connectivity index (χ0) is 16.5. The first-order valence-electron chi connectivity index (χ1n) is 7.79. The minimum atomic E-state index is -0.477. The van der Waals surface area contributed by atoms with E-state index < -0.39 is 6.03 Å². The van der Waals surface area contributed by atoms with Crippen molar-refractivity contribution in [1.29, 1.82) is 0 Å². The van der Waals surface area contributed by atoms with Crippen LogP contribution in [0.5, 0.6) is 0 Å². The summed E-state index contributed by atoms with van der Waals surface area (Å²) in [5.74, 6) is 0. The highest BCUT2D eigenvalue weighted by molar-refractivity contribution is 5.95. The van der Waals surface area contributed by atoms with Gasteiger partial charge in [0.25, 0.3) is 0 Å². The lowest BCUT2D eigenvalue weighted by molar-refractivity contribution is 0.251. The van der Waals surface area contributed by atoms with E-state index in [1.54, 1.807) is 0 Å². The van der Waals surface area contributed by atoms with Gasteiger partial charge in [-0.1, -0.05) is 60.7 Å². The minimum absolute atomic E-state index is 0.477. The zero-order valence-electron chi connectivity index (χ0n) is 13.0. The second-order valence-corrected chi connectivity index (χ2v) is 5.74. The van der Waals surface area contributed by atoms with Gasteiger partial charge in [-0.15, -0.1) is 0 Å². The molecular weight excluding hydrogens is 296 g/mol. The average Bonchev–Trinajstić information content (AvgIpc) is 2.98.